The second-order valence-electron chi connectivity index (χ2n) is 4.70. The zero-order valence-corrected chi connectivity index (χ0v) is 12.1. The van der Waals surface area contributed by atoms with Crippen molar-refractivity contribution < 1.29 is 0 Å². The lowest BCUT2D eigenvalue weighted by Gasteiger charge is -2.17. The molecule has 2 rings (SSSR count). The summed E-state index contributed by atoms with van der Waals surface area (Å²) in [5.41, 5.74) is 1.27. The molecule has 0 fully saturated rings. The van der Waals surface area contributed by atoms with Crippen molar-refractivity contribution in [1.29, 1.82) is 0 Å². The Kier molecular flexibility index (Phi) is 5.29. The summed E-state index contributed by atoms with van der Waals surface area (Å²) < 4.78 is 0. The van der Waals surface area contributed by atoms with Gasteiger partial charge in [-0.15, -0.1) is 0 Å². The van der Waals surface area contributed by atoms with E-state index >= 15 is 0 Å². The average Bonchev–Trinajstić information content (AvgIpc) is 2.52. The molecule has 0 unspecified atom stereocenters. The van der Waals surface area contributed by atoms with E-state index in [0.29, 0.717) is 0 Å². The SMILES string of the molecule is CCCNc1ccnc(N(C)CCc2ccncc2)n1. The van der Waals surface area contributed by atoms with E-state index in [4.69, 9.17) is 0 Å². The molecule has 0 atom stereocenters. The number of likely N-dealkylation sites (N-methyl/N-ethyl adjacent to an activating group) is 1. The van der Waals surface area contributed by atoms with Crippen molar-refractivity contribution in [2.24, 2.45) is 0 Å². The van der Waals surface area contributed by atoms with Crippen LogP contribution in [0.2, 0.25) is 0 Å². The summed E-state index contributed by atoms with van der Waals surface area (Å²) in [5, 5.41) is 3.28. The lowest BCUT2D eigenvalue weighted by Crippen LogP contribution is -2.23. The predicted molar refractivity (Wildman–Crippen MR) is 82.0 cm³/mol. The van der Waals surface area contributed by atoms with Crippen molar-refractivity contribution in [3.8, 4) is 0 Å². The van der Waals surface area contributed by atoms with Crippen molar-refractivity contribution in [2.45, 2.75) is 19.8 Å². The molecule has 0 radical (unpaired) electrons. The molecule has 5 heteroatoms. The van der Waals surface area contributed by atoms with Gasteiger partial charge in [-0.2, -0.15) is 4.98 Å². The Morgan fingerprint density at radius 2 is 1.95 bits per heavy atom. The van der Waals surface area contributed by atoms with Crippen LogP contribution in [-0.4, -0.2) is 35.1 Å². The fourth-order valence-electron chi connectivity index (χ4n) is 1.83. The number of hydrogen-bond acceptors (Lipinski definition) is 5. The maximum absolute atomic E-state index is 4.51. The van der Waals surface area contributed by atoms with Gasteiger partial charge in [-0.3, -0.25) is 4.98 Å². The molecule has 106 valence electrons. The van der Waals surface area contributed by atoms with Crippen LogP contribution in [-0.2, 0) is 6.42 Å². The van der Waals surface area contributed by atoms with Gasteiger partial charge in [-0.1, -0.05) is 6.92 Å². The van der Waals surface area contributed by atoms with Gasteiger partial charge >= 0.3 is 0 Å². The van der Waals surface area contributed by atoms with Crippen LogP contribution in [0, 0.1) is 0 Å². The van der Waals surface area contributed by atoms with Crippen LogP contribution >= 0.6 is 0 Å². The summed E-state index contributed by atoms with van der Waals surface area (Å²) >= 11 is 0. The molecule has 2 aromatic heterocycles. The largest absolute Gasteiger partial charge is 0.370 e. The lowest BCUT2D eigenvalue weighted by molar-refractivity contribution is 0.835. The molecule has 20 heavy (non-hydrogen) atoms. The van der Waals surface area contributed by atoms with Crippen LogP contribution in [0.3, 0.4) is 0 Å². The third-order valence-electron chi connectivity index (χ3n) is 3.03. The Labute approximate surface area is 120 Å². The van der Waals surface area contributed by atoms with E-state index in [1.165, 1.54) is 5.56 Å². The number of aromatic nitrogens is 3. The topological polar surface area (TPSA) is 53.9 Å². The van der Waals surface area contributed by atoms with Crippen molar-refractivity contribution in [3.05, 3.63) is 42.4 Å². The third-order valence-corrected chi connectivity index (χ3v) is 3.03. The molecule has 2 aromatic rings. The van der Waals surface area contributed by atoms with Gasteiger partial charge in [0.2, 0.25) is 5.95 Å². The van der Waals surface area contributed by atoms with E-state index in [-0.39, 0.29) is 0 Å². The zero-order valence-electron chi connectivity index (χ0n) is 12.1. The molecule has 0 aromatic carbocycles. The van der Waals surface area contributed by atoms with E-state index in [2.05, 4.69) is 32.1 Å². The van der Waals surface area contributed by atoms with Gasteiger partial charge in [0.25, 0.3) is 0 Å². The fourth-order valence-corrected chi connectivity index (χ4v) is 1.83. The van der Waals surface area contributed by atoms with Gasteiger partial charge in [0.15, 0.2) is 0 Å². The average molecular weight is 271 g/mol. The Morgan fingerprint density at radius 3 is 2.70 bits per heavy atom. The van der Waals surface area contributed by atoms with Gasteiger partial charge in [0.05, 0.1) is 0 Å². The minimum Gasteiger partial charge on any atom is -0.370 e. The summed E-state index contributed by atoms with van der Waals surface area (Å²) in [6.45, 7) is 3.94. The van der Waals surface area contributed by atoms with Crippen LogP contribution in [0.1, 0.15) is 18.9 Å². The monoisotopic (exact) mass is 271 g/mol. The number of pyridine rings is 1. The number of anilines is 2. The molecule has 0 aliphatic rings. The quantitative estimate of drug-likeness (QED) is 0.838. The lowest BCUT2D eigenvalue weighted by atomic mass is 10.2. The van der Waals surface area contributed by atoms with E-state index < -0.39 is 0 Å². The highest BCUT2D eigenvalue weighted by Crippen LogP contribution is 2.10. The summed E-state index contributed by atoms with van der Waals surface area (Å²) in [4.78, 5) is 14.9. The molecular formula is C15H21N5. The third kappa shape index (κ3) is 4.19. The summed E-state index contributed by atoms with van der Waals surface area (Å²) in [6.07, 6.45) is 7.47. The van der Waals surface area contributed by atoms with E-state index in [1.54, 1.807) is 6.20 Å². The number of nitrogens with zero attached hydrogens (tertiary/aromatic N) is 4. The van der Waals surface area contributed by atoms with Gasteiger partial charge < -0.3 is 10.2 Å². The molecule has 0 aliphatic carbocycles. The maximum atomic E-state index is 4.51. The highest BCUT2D eigenvalue weighted by molar-refractivity contribution is 5.40. The van der Waals surface area contributed by atoms with Crippen LogP contribution in [0.25, 0.3) is 0 Å². The Morgan fingerprint density at radius 1 is 1.15 bits per heavy atom. The molecule has 1 N–H and O–H groups in total. The predicted octanol–water partition coefficient (Wildman–Crippen LogP) is 2.37. The summed E-state index contributed by atoms with van der Waals surface area (Å²) in [6, 6.07) is 5.97. The molecule has 0 aliphatic heterocycles. The van der Waals surface area contributed by atoms with Crippen LogP contribution in [0.4, 0.5) is 11.8 Å². The number of nitrogens with one attached hydrogen (secondary N) is 1. The first-order valence-corrected chi connectivity index (χ1v) is 6.96. The van der Waals surface area contributed by atoms with Gasteiger partial charge in [0.1, 0.15) is 5.82 Å². The molecule has 0 saturated heterocycles. The molecular weight excluding hydrogens is 250 g/mol. The van der Waals surface area contributed by atoms with E-state index in [9.17, 15) is 0 Å². The van der Waals surface area contributed by atoms with Crippen LogP contribution in [0.15, 0.2) is 36.8 Å². The first-order chi connectivity index (χ1) is 9.79. The minimum absolute atomic E-state index is 0.750. The molecule has 0 spiro atoms. The Balaban J connectivity index is 1.93. The number of hydrogen-bond donors (Lipinski definition) is 1. The van der Waals surface area contributed by atoms with E-state index in [0.717, 1.165) is 37.7 Å². The molecule has 0 bridgehead atoms. The smallest absolute Gasteiger partial charge is 0.226 e. The first-order valence-electron chi connectivity index (χ1n) is 6.96. The maximum Gasteiger partial charge on any atom is 0.226 e. The normalized spacial score (nSPS) is 10.3. The fraction of sp³-hybridized carbons (Fsp3) is 0.400. The van der Waals surface area contributed by atoms with Gasteiger partial charge in [-0.05, 0) is 36.6 Å². The van der Waals surface area contributed by atoms with Gasteiger partial charge in [0, 0.05) is 38.7 Å². The Bertz CT molecular complexity index is 515. The Hall–Kier alpha value is -2.17. The molecule has 2 heterocycles. The van der Waals surface area contributed by atoms with E-state index in [1.807, 2.05) is 37.6 Å². The van der Waals surface area contributed by atoms with Crippen molar-refractivity contribution in [2.75, 3.05) is 30.4 Å². The second-order valence-corrected chi connectivity index (χ2v) is 4.70. The van der Waals surface area contributed by atoms with Crippen molar-refractivity contribution in [3.63, 3.8) is 0 Å². The highest BCUT2D eigenvalue weighted by Gasteiger charge is 2.05. The van der Waals surface area contributed by atoms with Crippen molar-refractivity contribution in [1.82, 2.24) is 15.0 Å². The van der Waals surface area contributed by atoms with Gasteiger partial charge in [-0.25, -0.2) is 4.98 Å². The molecule has 5 nitrogen and oxygen atoms in total. The minimum atomic E-state index is 0.750. The highest BCUT2D eigenvalue weighted by atomic mass is 15.2. The van der Waals surface area contributed by atoms with Crippen molar-refractivity contribution >= 4 is 11.8 Å². The van der Waals surface area contributed by atoms with Crippen LogP contribution in [0.5, 0.6) is 0 Å². The second kappa shape index (κ2) is 7.43. The first kappa shape index (κ1) is 14.2. The summed E-state index contributed by atoms with van der Waals surface area (Å²) in [7, 11) is 2.01. The molecule has 0 amide bonds. The summed E-state index contributed by atoms with van der Waals surface area (Å²) in [5.74, 6) is 1.63. The standard InChI is InChI=1S/C15H21N5/c1-3-8-17-14-6-11-18-15(19-14)20(2)12-7-13-4-9-16-10-5-13/h4-6,9-11H,3,7-8,12H2,1-2H3,(H,17,18,19). The zero-order chi connectivity index (χ0) is 14.2. The molecule has 0 saturated carbocycles. The number of rotatable bonds is 7. The van der Waals surface area contributed by atoms with Crippen LogP contribution < -0.4 is 10.2 Å².